The lowest BCUT2D eigenvalue weighted by Crippen LogP contribution is -2.47. The first-order valence-electron chi connectivity index (χ1n) is 6.41. The fourth-order valence-corrected chi connectivity index (χ4v) is 2.57. The standard InChI is InChI=1S/C14H17FN2O3/c1-14(13(19)20)5-2-6-17(14)8-10-7-9(12(16)18)3-4-11(10)15/h3-4,7H,2,5-6,8H2,1H3,(H2,16,18)(H,19,20). The zero-order chi connectivity index (χ0) is 14.9. The Hall–Kier alpha value is -1.95. The topological polar surface area (TPSA) is 83.6 Å². The van der Waals surface area contributed by atoms with Crippen LogP contribution in [0.25, 0.3) is 0 Å². The average molecular weight is 280 g/mol. The summed E-state index contributed by atoms with van der Waals surface area (Å²) in [4.78, 5) is 24.2. The zero-order valence-corrected chi connectivity index (χ0v) is 11.2. The number of likely N-dealkylation sites (tertiary alicyclic amines) is 1. The minimum atomic E-state index is -0.991. The summed E-state index contributed by atoms with van der Waals surface area (Å²) in [6.45, 7) is 2.37. The highest BCUT2D eigenvalue weighted by Gasteiger charge is 2.43. The van der Waals surface area contributed by atoms with Crippen LogP contribution in [-0.2, 0) is 11.3 Å². The molecule has 1 heterocycles. The summed E-state index contributed by atoms with van der Waals surface area (Å²) in [5.41, 5.74) is 4.69. The van der Waals surface area contributed by atoms with E-state index in [1.165, 1.54) is 18.2 Å². The number of carbonyl (C=O) groups excluding carboxylic acids is 1. The minimum absolute atomic E-state index is 0.149. The van der Waals surface area contributed by atoms with Gasteiger partial charge in [0.1, 0.15) is 11.4 Å². The fraction of sp³-hybridized carbons (Fsp3) is 0.429. The number of aliphatic carboxylic acids is 1. The number of carboxylic acid groups (broad SMARTS) is 1. The molecule has 1 aromatic rings. The molecule has 1 fully saturated rings. The van der Waals surface area contributed by atoms with Gasteiger partial charge in [0.2, 0.25) is 5.91 Å². The third-order valence-corrected chi connectivity index (χ3v) is 3.94. The number of carboxylic acids is 1. The number of rotatable bonds is 4. The van der Waals surface area contributed by atoms with E-state index in [9.17, 15) is 19.1 Å². The van der Waals surface area contributed by atoms with Crippen molar-refractivity contribution in [3.8, 4) is 0 Å². The molecule has 3 N–H and O–H groups in total. The average Bonchev–Trinajstić information content (AvgIpc) is 2.75. The van der Waals surface area contributed by atoms with E-state index in [0.29, 0.717) is 13.0 Å². The summed E-state index contributed by atoms with van der Waals surface area (Å²) in [6.07, 6.45) is 1.28. The van der Waals surface area contributed by atoms with Crippen molar-refractivity contribution < 1.29 is 19.1 Å². The first-order valence-corrected chi connectivity index (χ1v) is 6.41. The Kier molecular flexibility index (Phi) is 3.76. The zero-order valence-electron chi connectivity index (χ0n) is 11.2. The molecule has 0 aromatic heterocycles. The predicted molar refractivity (Wildman–Crippen MR) is 70.6 cm³/mol. The fourth-order valence-electron chi connectivity index (χ4n) is 2.57. The molecule has 0 saturated carbocycles. The second-order valence-electron chi connectivity index (χ2n) is 5.27. The number of nitrogens with two attached hydrogens (primary N) is 1. The van der Waals surface area contributed by atoms with Gasteiger partial charge in [0.15, 0.2) is 0 Å². The van der Waals surface area contributed by atoms with Gasteiger partial charge in [0, 0.05) is 17.7 Å². The van der Waals surface area contributed by atoms with Crippen molar-refractivity contribution in [2.75, 3.05) is 6.54 Å². The summed E-state index contributed by atoms with van der Waals surface area (Å²) in [5.74, 6) is -2.01. The highest BCUT2D eigenvalue weighted by atomic mass is 19.1. The van der Waals surface area contributed by atoms with Gasteiger partial charge in [-0.05, 0) is 44.5 Å². The lowest BCUT2D eigenvalue weighted by atomic mass is 9.98. The molecule has 108 valence electrons. The van der Waals surface area contributed by atoms with E-state index in [1.807, 2.05) is 0 Å². The highest BCUT2D eigenvalue weighted by Crippen LogP contribution is 2.31. The van der Waals surface area contributed by atoms with E-state index in [2.05, 4.69) is 0 Å². The maximum absolute atomic E-state index is 13.8. The lowest BCUT2D eigenvalue weighted by molar-refractivity contribution is -0.148. The predicted octanol–water partition coefficient (Wildman–Crippen LogP) is 1.36. The molecule has 0 spiro atoms. The molecule has 1 aromatic carbocycles. The normalized spacial score (nSPS) is 22.9. The molecule has 1 aliphatic heterocycles. The quantitative estimate of drug-likeness (QED) is 0.872. The van der Waals surface area contributed by atoms with Crippen molar-refractivity contribution in [1.29, 1.82) is 0 Å². The van der Waals surface area contributed by atoms with Crippen LogP contribution in [0, 0.1) is 5.82 Å². The Morgan fingerprint density at radius 3 is 2.80 bits per heavy atom. The van der Waals surface area contributed by atoms with Crippen LogP contribution in [0.5, 0.6) is 0 Å². The third kappa shape index (κ3) is 2.51. The van der Waals surface area contributed by atoms with E-state index < -0.39 is 23.2 Å². The van der Waals surface area contributed by atoms with Gasteiger partial charge < -0.3 is 10.8 Å². The van der Waals surface area contributed by atoms with Crippen molar-refractivity contribution in [3.63, 3.8) is 0 Å². The largest absolute Gasteiger partial charge is 0.480 e. The van der Waals surface area contributed by atoms with E-state index >= 15 is 0 Å². The first-order chi connectivity index (χ1) is 9.34. The smallest absolute Gasteiger partial charge is 0.323 e. The molecule has 5 nitrogen and oxygen atoms in total. The number of amides is 1. The Balaban J connectivity index is 2.28. The highest BCUT2D eigenvalue weighted by molar-refractivity contribution is 5.92. The summed E-state index contributed by atoms with van der Waals surface area (Å²) in [6, 6.07) is 3.89. The molecule has 0 bridgehead atoms. The van der Waals surface area contributed by atoms with Gasteiger partial charge in [-0.15, -0.1) is 0 Å². The Labute approximate surface area is 116 Å². The van der Waals surface area contributed by atoms with Crippen LogP contribution in [0.1, 0.15) is 35.7 Å². The molecule has 0 radical (unpaired) electrons. The maximum Gasteiger partial charge on any atom is 0.323 e. The number of nitrogens with zero attached hydrogens (tertiary/aromatic N) is 1. The van der Waals surface area contributed by atoms with Crippen LogP contribution in [0.2, 0.25) is 0 Å². The van der Waals surface area contributed by atoms with Gasteiger partial charge in [0.25, 0.3) is 0 Å². The van der Waals surface area contributed by atoms with Crippen LogP contribution in [0.15, 0.2) is 18.2 Å². The first kappa shape index (κ1) is 14.5. The molecule has 1 unspecified atom stereocenters. The second kappa shape index (κ2) is 5.20. The van der Waals surface area contributed by atoms with E-state index in [4.69, 9.17) is 5.73 Å². The van der Waals surface area contributed by atoms with Gasteiger partial charge in [-0.25, -0.2) is 4.39 Å². The molecule has 20 heavy (non-hydrogen) atoms. The Morgan fingerprint density at radius 2 is 2.20 bits per heavy atom. The number of carbonyl (C=O) groups is 2. The van der Waals surface area contributed by atoms with Crippen molar-refractivity contribution in [1.82, 2.24) is 4.90 Å². The number of hydrogen-bond acceptors (Lipinski definition) is 3. The number of primary amides is 1. The maximum atomic E-state index is 13.8. The Morgan fingerprint density at radius 1 is 1.50 bits per heavy atom. The lowest BCUT2D eigenvalue weighted by Gasteiger charge is -2.31. The number of hydrogen-bond donors (Lipinski definition) is 2. The Bertz CT molecular complexity index is 561. The molecule has 2 rings (SSSR count). The van der Waals surface area contributed by atoms with Crippen molar-refractivity contribution >= 4 is 11.9 Å². The SMILES string of the molecule is CC1(C(=O)O)CCCN1Cc1cc(C(N)=O)ccc1F. The third-order valence-electron chi connectivity index (χ3n) is 3.94. The molecule has 6 heteroatoms. The molecule has 1 saturated heterocycles. The summed E-state index contributed by atoms with van der Waals surface area (Å²) >= 11 is 0. The second-order valence-corrected chi connectivity index (χ2v) is 5.27. The van der Waals surface area contributed by atoms with Crippen molar-refractivity contribution in [2.24, 2.45) is 5.73 Å². The summed E-state index contributed by atoms with van der Waals surface area (Å²) < 4.78 is 13.8. The van der Waals surface area contributed by atoms with Crippen molar-refractivity contribution in [2.45, 2.75) is 31.8 Å². The molecule has 1 amide bonds. The van der Waals surface area contributed by atoms with Crippen LogP contribution in [0.4, 0.5) is 4.39 Å². The van der Waals surface area contributed by atoms with Gasteiger partial charge in [-0.3, -0.25) is 14.5 Å². The molecule has 1 atom stereocenters. The van der Waals surface area contributed by atoms with Gasteiger partial charge in [-0.1, -0.05) is 0 Å². The van der Waals surface area contributed by atoms with Crippen LogP contribution >= 0.6 is 0 Å². The molecular formula is C14H17FN2O3. The van der Waals surface area contributed by atoms with Crippen molar-refractivity contribution in [3.05, 3.63) is 35.1 Å². The number of halogens is 1. The monoisotopic (exact) mass is 280 g/mol. The van der Waals surface area contributed by atoms with Gasteiger partial charge in [-0.2, -0.15) is 0 Å². The molecular weight excluding hydrogens is 263 g/mol. The number of benzene rings is 1. The minimum Gasteiger partial charge on any atom is -0.480 e. The van der Waals surface area contributed by atoms with Gasteiger partial charge >= 0.3 is 5.97 Å². The molecule has 1 aliphatic rings. The van der Waals surface area contributed by atoms with Crippen LogP contribution < -0.4 is 5.73 Å². The van der Waals surface area contributed by atoms with E-state index in [1.54, 1.807) is 11.8 Å². The van der Waals surface area contributed by atoms with E-state index in [0.717, 1.165) is 6.42 Å². The van der Waals surface area contributed by atoms with E-state index in [-0.39, 0.29) is 17.7 Å². The van der Waals surface area contributed by atoms with Gasteiger partial charge in [0.05, 0.1) is 0 Å². The summed E-state index contributed by atoms with van der Waals surface area (Å²) in [5, 5.41) is 9.32. The molecule has 0 aliphatic carbocycles. The summed E-state index contributed by atoms with van der Waals surface area (Å²) in [7, 11) is 0. The van der Waals surface area contributed by atoms with Crippen LogP contribution in [0.3, 0.4) is 0 Å². The van der Waals surface area contributed by atoms with Crippen LogP contribution in [-0.4, -0.2) is 34.0 Å².